The monoisotopic (exact) mass is 98.0 g/mol. The Morgan fingerprint density at radius 3 is 2.33 bits per heavy atom. The lowest BCUT2D eigenvalue weighted by molar-refractivity contribution is 1.38. The molecule has 2 aromatic rings. The van der Waals surface area contributed by atoms with Gasteiger partial charge in [-0.25, -0.2) is 0 Å². The summed E-state index contributed by atoms with van der Waals surface area (Å²) >= 11 is 1.55. The van der Waals surface area contributed by atoms with E-state index < -0.39 is 0 Å². The van der Waals surface area contributed by atoms with Crippen molar-refractivity contribution >= 4 is 21.7 Å². The molecule has 0 saturated carbocycles. The topological polar surface area (TPSA) is 39.6 Å². The van der Waals surface area contributed by atoms with Gasteiger partial charge in [-0.2, -0.15) is 0 Å². The zero-order valence-electron chi connectivity index (χ0n) is 2.91. The third kappa shape index (κ3) is 0.0973. The Hall–Kier alpha value is -0.570. The average Bonchev–Trinajstić information content (AvgIpc) is 1.63. The summed E-state index contributed by atoms with van der Waals surface area (Å²) in [5.74, 6) is 0. The lowest BCUT2D eigenvalue weighted by Gasteiger charge is -1.69. The van der Waals surface area contributed by atoms with Gasteiger partial charge in [-0.05, 0) is 0 Å². The standard InChI is InChI=1S/C3H2N2S/c4-1-2-3(1)6-5-2/h4-5H. The van der Waals surface area contributed by atoms with Crippen molar-refractivity contribution in [2.24, 2.45) is 0 Å². The molecule has 0 fully saturated rings. The summed E-state index contributed by atoms with van der Waals surface area (Å²) in [6.07, 6.45) is 0. The predicted octanol–water partition coefficient (Wildman–Crippen LogP) is 0.584. The average molecular weight is 98.1 g/mol. The third-order valence-electron chi connectivity index (χ3n) is 0.897. The molecule has 0 aliphatic rings. The molecule has 0 saturated heterocycles. The van der Waals surface area contributed by atoms with E-state index in [-0.39, 0.29) is 0 Å². The maximum atomic E-state index is 6.93. The summed E-state index contributed by atoms with van der Waals surface area (Å²) < 4.78 is 4.07. The summed E-state index contributed by atoms with van der Waals surface area (Å²) in [5.41, 5.74) is 1.07. The van der Waals surface area contributed by atoms with E-state index in [4.69, 9.17) is 5.41 Å². The fourth-order valence-electron chi connectivity index (χ4n) is 0.425. The van der Waals surface area contributed by atoms with Crippen molar-refractivity contribution in [3.8, 4) is 0 Å². The van der Waals surface area contributed by atoms with Crippen molar-refractivity contribution in [3.05, 3.63) is 5.36 Å². The van der Waals surface area contributed by atoms with Gasteiger partial charge in [0.1, 0.15) is 5.36 Å². The summed E-state index contributed by atoms with van der Waals surface area (Å²) in [6, 6.07) is 0. The second kappa shape index (κ2) is 0.479. The highest BCUT2D eigenvalue weighted by Gasteiger charge is 2.11. The Bertz CT molecular complexity index is 241. The normalized spacial score (nSPS) is 12.0. The molecule has 1 heterocycles. The van der Waals surface area contributed by atoms with Crippen LogP contribution in [0, 0.1) is 5.41 Å². The van der Waals surface area contributed by atoms with E-state index in [1.54, 1.807) is 11.5 Å². The fourth-order valence-corrected chi connectivity index (χ4v) is 1.09. The van der Waals surface area contributed by atoms with Crippen molar-refractivity contribution < 1.29 is 0 Å². The Balaban J connectivity index is 3.30. The highest BCUT2D eigenvalue weighted by molar-refractivity contribution is 7.17. The van der Waals surface area contributed by atoms with E-state index in [1.807, 2.05) is 0 Å². The third-order valence-corrected chi connectivity index (χ3v) is 1.82. The first-order chi connectivity index (χ1) is 2.89. The van der Waals surface area contributed by atoms with Gasteiger partial charge in [-0.3, -0.25) is 5.41 Å². The molecule has 0 bridgehead atoms. The van der Waals surface area contributed by atoms with Gasteiger partial charge in [0.2, 0.25) is 0 Å². The molecule has 2 nitrogen and oxygen atoms in total. The Morgan fingerprint density at radius 2 is 2.33 bits per heavy atom. The molecule has 0 amide bonds. The molecule has 2 rings (SSSR count). The minimum Gasteiger partial charge on any atom is -0.307 e. The smallest absolute Gasteiger partial charge is 0.101 e. The fraction of sp³-hybridized carbons (Fsp3) is 0. The van der Waals surface area contributed by atoms with Crippen LogP contribution < -0.4 is 5.36 Å². The van der Waals surface area contributed by atoms with E-state index in [0.29, 0.717) is 0 Å². The van der Waals surface area contributed by atoms with E-state index in [9.17, 15) is 0 Å². The molecule has 30 valence electrons. The van der Waals surface area contributed by atoms with Gasteiger partial charge in [0.05, 0.1) is 10.2 Å². The Labute approximate surface area is 37.8 Å². The van der Waals surface area contributed by atoms with Gasteiger partial charge >= 0.3 is 0 Å². The van der Waals surface area contributed by atoms with Gasteiger partial charge in [0, 0.05) is 0 Å². The molecule has 0 aliphatic heterocycles. The number of H-pyrrole nitrogens is 1. The van der Waals surface area contributed by atoms with Crippen molar-refractivity contribution in [1.82, 2.24) is 4.37 Å². The van der Waals surface area contributed by atoms with Crippen LogP contribution in [-0.2, 0) is 0 Å². The number of aromatic amines is 1. The van der Waals surface area contributed by atoms with Crippen molar-refractivity contribution in [2.75, 3.05) is 0 Å². The second-order valence-electron chi connectivity index (χ2n) is 1.28. The van der Waals surface area contributed by atoms with Crippen molar-refractivity contribution in [2.45, 2.75) is 0 Å². The van der Waals surface area contributed by atoms with E-state index in [2.05, 4.69) is 4.37 Å². The van der Waals surface area contributed by atoms with E-state index >= 15 is 0 Å². The highest BCUT2D eigenvalue weighted by Crippen LogP contribution is 2.19. The Kier molecular flexibility index (Phi) is 0.206. The number of hydrogen-bond acceptors (Lipinski definition) is 2. The van der Waals surface area contributed by atoms with Gasteiger partial charge in [-0.15, -0.1) is 0 Å². The van der Waals surface area contributed by atoms with Crippen LogP contribution >= 0.6 is 11.5 Å². The molecule has 2 N–H and O–H groups in total. The molecular formula is C3H2N2S. The first-order valence-electron chi connectivity index (χ1n) is 1.66. The SMILES string of the molecule is N=c1c2[nH]sc12. The van der Waals surface area contributed by atoms with Gasteiger partial charge in [0.15, 0.2) is 0 Å². The molecule has 0 aliphatic carbocycles. The molecule has 6 heavy (non-hydrogen) atoms. The van der Waals surface area contributed by atoms with Gasteiger partial charge in [0.25, 0.3) is 0 Å². The number of fused-ring (bicyclic) bond motifs is 1. The lowest BCUT2D eigenvalue weighted by Crippen LogP contribution is -1.65. The largest absolute Gasteiger partial charge is 0.307 e. The molecule has 3 heteroatoms. The van der Waals surface area contributed by atoms with Crippen LogP contribution in [0.2, 0.25) is 0 Å². The molecule has 1 aromatic carbocycles. The van der Waals surface area contributed by atoms with Gasteiger partial charge < -0.3 is 4.37 Å². The van der Waals surface area contributed by atoms with E-state index in [0.717, 1.165) is 15.6 Å². The summed E-state index contributed by atoms with van der Waals surface area (Å²) in [5, 5.41) is 7.65. The molecule has 0 radical (unpaired) electrons. The number of hydrogen-bond donors (Lipinski definition) is 2. The molecule has 0 unspecified atom stereocenters. The summed E-state index contributed by atoms with van der Waals surface area (Å²) in [6.45, 7) is 0. The van der Waals surface area contributed by atoms with Crippen LogP contribution in [0.4, 0.5) is 0 Å². The van der Waals surface area contributed by atoms with E-state index in [1.165, 1.54) is 0 Å². The highest BCUT2D eigenvalue weighted by atomic mass is 32.1. The zero-order chi connectivity index (χ0) is 4.15. The van der Waals surface area contributed by atoms with Crippen molar-refractivity contribution in [1.29, 1.82) is 5.41 Å². The number of nitrogens with one attached hydrogen (secondary N) is 2. The van der Waals surface area contributed by atoms with Crippen LogP contribution in [0.3, 0.4) is 0 Å². The molecule has 0 spiro atoms. The first kappa shape index (κ1) is 2.58. The maximum absolute atomic E-state index is 6.93. The summed E-state index contributed by atoms with van der Waals surface area (Å²) in [7, 11) is 0. The molecular weight excluding hydrogens is 96.1 g/mol. The minimum absolute atomic E-state index is 0.722. The quantitative estimate of drug-likeness (QED) is 0.484. The lowest BCUT2D eigenvalue weighted by atomic mass is 11.0. The maximum Gasteiger partial charge on any atom is 0.101 e. The van der Waals surface area contributed by atoms with Crippen LogP contribution in [0.1, 0.15) is 0 Å². The second-order valence-corrected chi connectivity index (χ2v) is 2.10. The summed E-state index contributed by atoms with van der Waals surface area (Å²) in [4.78, 5) is 0. The Morgan fingerprint density at radius 1 is 1.67 bits per heavy atom. The van der Waals surface area contributed by atoms with Crippen LogP contribution in [-0.4, -0.2) is 4.37 Å². The van der Waals surface area contributed by atoms with Crippen molar-refractivity contribution in [3.63, 3.8) is 0 Å². The number of rotatable bonds is 0. The number of aromatic nitrogens is 1. The van der Waals surface area contributed by atoms with Crippen LogP contribution in [0.25, 0.3) is 10.2 Å². The van der Waals surface area contributed by atoms with Gasteiger partial charge in [-0.1, -0.05) is 11.5 Å². The predicted molar refractivity (Wildman–Crippen MR) is 24.4 cm³/mol. The molecule has 1 aromatic heterocycles. The van der Waals surface area contributed by atoms with Crippen LogP contribution in [0.15, 0.2) is 0 Å². The minimum atomic E-state index is 0.722. The molecule has 0 atom stereocenters. The first-order valence-corrected chi connectivity index (χ1v) is 2.47. The zero-order valence-corrected chi connectivity index (χ0v) is 3.72. The van der Waals surface area contributed by atoms with Crippen LogP contribution in [0.5, 0.6) is 0 Å².